The molecular weight excluding hydrogens is 342 g/mol. The second kappa shape index (κ2) is 9.51. The minimum absolute atomic E-state index is 0.0626. The molecule has 0 bridgehead atoms. The lowest BCUT2D eigenvalue weighted by molar-refractivity contribution is -0.136. The first-order chi connectivity index (χ1) is 11.7. The van der Waals surface area contributed by atoms with Gasteiger partial charge in [-0.15, -0.1) is 0 Å². The number of nitrogens with one attached hydrogen (secondary N) is 2. The van der Waals surface area contributed by atoms with Gasteiger partial charge in [-0.25, -0.2) is 0 Å². The molecule has 0 aliphatic rings. The molecule has 1 rings (SSSR count). The van der Waals surface area contributed by atoms with Crippen LogP contribution in [0.1, 0.15) is 34.1 Å². The lowest BCUT2D eigenvalue weighted by atomic mass is 10.1. The molecule has 140 valence electrons. The number of hydrogen-bond donors (Lipinski definition) is 2. The molecule has 6 nitrogen and oxygen atoms in total. The molecule has 0 spiro atoms. The van der Waals surface area contributed by atoms with Crippen molar-refractivity contribution in [3.05, 3.63) is 23.2 Å². The van der Waals surface area contributed by atoms with Gasteiger partial charge in [-0.2, -0.15) is 0 Å². The monoisotopic (exact) mass is 369 g/mol. The molecule has 0 fully saturated rings. The summed E-state index contributed by atoms with van der Waals surface area (Å²) in [5.74, 6) is 0.418. The van der Waals surface area contributed by atoms with Gasteiger partial charge >= 0.3 is 0 Å². The SMILES string of the molecule is CCN(CC(=O)NC(C)(C)C)C(=O)CCNc1cc(Cl)ccc1OC. The third kappa shape index (κ3) is 7.65. The van der Waals surface area contributed by atoms with Crippen LogP contribution >= 0.6 is 11.6 Å². The molecule has 0 aliphatic heterocycles. The van der Waals surface area contributed by atoms with E-state index >= 15 is 0 Å². The largest absolute Gasteiger partial charge is 0.495 e. The number of carbonyl (C=O) groups excluding carboxylic acids is 2. The lowest BCUT2D eigenvalue weighted by Crippen LogP contribution is -2.47. The van der Waals surface area contributed by atoms with E-state index in [1.807, 2.05) is 27.7 Å². The van der Waals surface area contributed by atoms with E-state index in [0.717, 1.165) is 5.69 Å². The molecular formula is C18H28ClN3O3. The van der Waals surface area contributed by atoms with Crippen LogP contribution < -0.4 is 15.4 Å². The number of likely N-dealkylation sites (N-methyl/N-ethyl adjacent to an activating group) is 1. The van der Waals surface area contributed by atoms with Crippen LogP contribution in [-0.2, 0) is 9.59 Å². The van der Waals surface area contributed by atoms with E-state index in [4.69, 9.17) is 16.3 Å². The van der Waals surface area contributed by atoms with Gasteiger partial charge in [0.05, 0.1) is 19.3 Å². The van der Waals surface area contributed by atoms with Crippen LogP contribution in [0.25, 0.3) is 0 Å². The van der Waals surface area contributed by atoms with Crippen LogP contribution in [0.15, 0.2) is 18.2 Å². The van der Waals surface area contributed by atoms with Gasteiger partial charge in [0, 0.05) is 30.1 Å². The highest BCUT2D eigenvalue weighted by atomic mass is 35.5. The van der Waals surface area contributed by atoms with Gasteiger partial charge in [0.2, 0.25) is 11.8 Å². The lowest BCUT2D eigenvalue weighted by Gasteiger charge is -2.25. The van der Waals surface area contributed by atoms with E-state index in [-0.39, 0.29) is 30.3 Å². The summed E-state index contributed by atoms with van der Waals surface area (Å²) in [6.07, 6.45) is 0.270. The molecule has 0 aliphatic carbocycles. The maximum absolute atomic E-state index is 12.3. The number of hydrogen-bond acceptors (Lipinski definition) is 4. The van der Waals surface area contributed by atoms with Crippen LogP contribution in [-0.4, -0.2) is 49.0 Å². The summed E-state index contributed by atoms with van der Waals surface area (Å²) in [6.45, 7) is 8.55. The van der Waals surface area contributed by atoms with Crippen LogP contribution in [0.5, 0.6) is 5.75 Å². The van der Waals surface area contributed by atoms with E-state index < -0.39 is 0 Å². The Bertz CT molecular complexity index is 600. The van der Waals surface area contributed by atoms with E-state index in [1.54, 1.807) is 25.3 Å². The maximum Gasteiger partial charge on any atom is 0.240 e. The summed E-state index contributed by atoms with van der Waals surface area (Å²) >= 11 is 5.98. The van der Waals surface area contributed by atoms with Crippen molar-refractivity contribution in [2.24, 2.45) is 0 Å². The molecule has 0 atom stereocenters. The predicted octanol–water partition coefficient (Wildman–Crippen LogP) is 2.91. The molecule has 0 saturated heterocycles. The van der Waals surface area contributed by atoms with Crippen molar-refractivity contribution in [2.75, 3.05) is 32.1 Å². The Morgan fingerprint density at radius 2 is 1.96 bits per heavy atom. The van der Waals surface area contributed by atoms with Gasteiger partial charge in [-0.05, 0) is 45.9 Å². The number of methoxy groups -OCH3 is 1. The average Bonchev–Trinajstić information content (AvgIpc) is 2.51. The van der Waals surface area contributed by atoms with Gasteiger partial charge in [0.1, 0.15) is 5.75 Å². The number of amides is 2. The minimum Gasteiger partial charge on any atom is -0.495 e. The first kappa shape index (κ1) is 21.1. The second-order valence-electron chi connectivity index (χ2n) is 6.73. The molecule has 0 aromatic heterocycles. The van der Waals surface area contributed by atoms with E-state index in [1.165, 1.54) is 4.90 Å². The number of ether oxygens (including phenoxy) is 1. The molecule has 7 heteroatoms. The average molecular weight is 370 g/mol. The molecule has 0 saturated carbocycles. The van der Waals surface area contributed by atoms with E-state index in [2.05, 4.69) is 10.6 Å². The standard InChI is InChI=1S/C18H28ClN3O3/c1-6-22(12-16(23)21-18(2,3)4)17(24)9-10-20-14-11-13(19)7-8-15(14)25-5/h7-8,11,20H,6,9-10,12H2,1-5H3,(H,21,23). The maximum atomic E-state index is 12.3. The van der Waals surface area contributed by atoms with Crippen LogP contribution in [0.4, 0.5) is 5.69 Å². The number of rotatable bonds is 8. The molecule has 1 aromatic carbocycles. The minimum atomic E-state index is -0.315. The Morgan fingerprint density at radius 1 is 1.28 bits per heavy atom. The zero-order valence-electron chi connectivity index (χ0n) is 15.6. The Labute approximate surface area is 154 Å². The van der Waals surface area contributed by atoms with Crippen molar-refractivity contribution >= 4 is 29.1 Å². The van der Waals surface area contributed by atoms with Crippen LogP contribution in [0.2, 0.25) is 5.02 Å². The molecule has 0 unspecified atom stereocenters. The summed E-state index contributed by atoms with van der Waals surface area (Å²) in [7, 11) is 1.58. The smallest absolute Gasteiger partial charge is 0.240 e. The predicted molar refractivity (Wildman–Crippen MR) is 101 cm³/mol. The van der Waals surface area contributed by atoms with Crippen molar-refractivity contribution in [1.82, 2.24) is 10.2 Å². The third-order valence-corrected chi connectivity index (χ3v) is 3.63. The molecule has 2 N–H and O–H groups in total. The fraction of sp³-hybridized carbons (Fsp3) is 0.556. The summed E-state index contributed by atoms with van der Waals surface area (Å²) in [6, 6.07) is 5.25. The summed E-state index contributed by atoms with van der Waals surface area (Å²) in [5, 5.41) is 6.60. The first-order valence-electron chi connectivity index (χ1n) is 8.32. The Morgan fingerprint density at radius 3 is 2.52 bits per heavy atom. The van der Waals surface area contributed by atoms with Gasteiger partial charge in [0.15, 0.2) is 0 Å². The molecule has 2 amide bonds. The first-order valence-corrected chi connectivity index (χ1v) is 8.70. The van der Waals surface area contributed by atoms with Crippen LogP contribution in [0.3, 0.4) is 0 Å². The Balaban J connectivity index is 2.54. The number of halogens is 1. The van der Waals surface area contributed by atoms with Gasteiger partial charge in [-0.1, -0.05) is 11.6 Å². The van der Waals surface area contributed by atoms with Crippen molar-refractivity contribution in [3.63, 3.8) is 0 Å². The fourth-order valence-corrected chi connectivity index (χ4v) is 2.46. The van der Waals surface area contributed by atoms with Crippen LogP contribution in [0, 0.1) is 0 Å². The highest BCUT2D eigenvalue weighted by molar-refractivity contribution is 6.30. The molecule has 0 heterocycles. The zero-order chi connectivity index (χ0) is 19.0. The highest BCUT2D eigenvalue weighted by Crippen LogP contribution is 2.27. The van der Waals surface area contributed by atoms with Crippen molar-refractivity contribution in [1.29, 1.82) is 0 Å². The number of benzene rings is 1. The van der Waals surface area contributed by atoms with Gasteiger partial charge in [0.25, 0.3) is 0 Å². The topological polar surface area (TPSA) is 70.7 Å². The van der Waals surface area contributed by atoms with Crippen molar-refractivity contribution in [3.8, 4) is 5.75 Å². The molecule has 0 radical (unpaired) electrons. The Hall–Kier alpha value is -1.95. The quantitative estimate of drug-likeness (QED) is 0.739. The number of anilines is 1. The number of carbonyl (C=O) groups is 2. The summed E-state index contributed by atoms with van der Waals surface area (Å²) < 4.78 is 5.26. The van der Waals surface area contributed by atoms with Crippen molar-refractivity contribution in [2.45, 2.75) is 39.7 Å². The third-order valence-electron chi connectivity index (χ3n) is 3.40. The van der Waals surface area contributed by atoms with Gasteiger partial charge < -0.3 is 20.3 Å². The molecule has 25 heavy (non-hydrogen) atoms. The normalized spacial score (nSPS) is 11.0. The Kier molecular flexibility index (Phi) is 8.03. The van der Waals surface area contributed by atoms with E-state index in [0.29, 0.717) is 23.9 Å². The summed E-state index contributed by atoms with van der Waals surface area (Å²) in [5.41, 5.74) is 0.417. The molecule has 1 aromatic rings. The van der Waals surface area contributed by atoms with Gasteiger partial charge in [-0.3, -0.25) is 9.59 Å². The fourth-order valence-electron chi connectivity index (χ4n) is 2.29. The highest BCUT2D eigenvalue weighted by Gasteiger charge is 2.19. The summed E-state index contributed by atoms with van der Waals surface area (Å²) in [4.78, 5) is 25.9. The van der Waals surface area contributed by atoms with E-state index in [9.17, 15) is 9.59 Å². The van der Waals surface area contributed by atoms with Crippen molar-refractivity contribution < 1.29 is 14.3 Å². The zero-order valence-corrected chi connectivity index (χ0v) is 16.4. The number of nitrogens with zero attached hydrogens (tertiary/aromatic N) is 1. The second-order valence-corrected chi connectivity index (χ2v) is 7.16.